The van der Waals surface area contributed by atoms with Gasteiger partial charge in [-0.15, -0.1) is 0 Å². The molecule has 3 aromatic rings. The molecule has 0 bridgehead atoms. The van der Waals surface area contributed by atoms with E-state index in [0.29, 0.717) is 22.5 Å². The second-order valence-electron chi connectivity index (χ2n) is 6.54. The van der Waals surface area contributed by atoms with Gasteiger partial charge in [-0.25, -0.2) is 0 Å². The van der Waals surface area contributed by atoms with Gasteiger partial charge in [0.25, 0.3) is 5.91 Å². The van der Waals surface area contributed by atoms with Crippen LogP contribution >= 0.6 is 34.2 Å². The Labute approximate surface area is 188 Å². The van der Waals surface area contributed by atoms with Gasteiger partial charge in [0.2, 0.25) is 11.7 Å². The minimum atomic E-state index is -0.135. The van der Waals surface area contributed by atoms with Gasteiger partial charge in [0.15, 0.2) is 6.61 Å². The molecule has 0 spiro atoms. The van der Waals surface area contributed by atoms with E-state index in [0.717, 1.165) is 15.6 Å². The maximum Gasteiger partial charge on any atom is 0.261 e. The van der Waals surface area contributed by atoms with Crippen molar-refractivity contribution in [3.05, 3.63) is 63.0 Å². The summed E-state index contributed by atoms with van der Waals surface area (Å²) in [5, 5.41) is 4.65. The highest BCUT2D eigenvalue weighted by atomic mass is 127. The molecule has 6 nitrogen and oxygen atoms in total. The maximum atomic E-state index is 12.8. The van der Waals surface area contributed by atoms with Gasteiger partial charge in [0.1, 0.15) is 12.3 Å². The van der Waals surface area contributed by atoms with Crippen molar-refractivity contribution in [1.29, 1.82) is 0 Å². The quantitative estimate of drug-likeness (QED) is 0.378. The van der Waals surface area contributed by atoms with Crippen LogP contribution in [0.15, 0.2) is 53.1 Å². The highest BCUT2D eigenvalue weighted by Gasteiger charge is 2.23. The van der Waals surface area contributed by atoms with E-state index in [-0.39, 0.29) is 25.1 Å². The van der Waals surface area contributed by atoms with Gasteiger partial charge in [-0.2, -0.15) is 4.98 Å². The zero-order chi connectivity index (χ0) is 20.8. The van der Waals surface area contributed by atoms with Crippen molar-refractivity contribution in [3.8, 4) is 17.1 Å². The summed E-state index contributed by atoms with van der Waals surface area (Å²) < 4.78 is 12.1. The minimum absolute atomic E-state index is 0.00806. The molecule has 0 aliphatic heterocycles. The normalized spacial score (nSPS) is 11.9. The number of aromatic nitrogens is 2. The largest absolute Gasteiger partial charge is 0.484 e. The lowest BCUT2D eigenvalue weighted by atomic mass is 10.2. The standard InChI is InChI=1S/C21H21ClIN3O3/c1-3-14(2)26(20(27)13-28-18-10-8-17(23)9-11-18)12-19-24-21(25-29-19)15-4-6-16(22)7-5-15/h4-11,14H,3,12-13H2,1-2H3. The Bertz CT molecular complexity index is 945. The zero-order valence-electron chi connectivity index (χ0n) is 16.1. The van der Waals surface area contributed by atoms with E-state index >= 15 is 0 Å². The van der Waals surface area contributed by atoms with Crippen molar-refractivity contribution in [1.82, 2.24) is 15.0 Å². The molecular formula is C21H21ClIN3O3. The number of carbonyl (C=O) groups is 1. The van der Waals surface area contributed by atoms with Crippen molar-refractivity contribution >= 4 is 40.1 Å². The van der Waals surface area contributed by atoms with Gasteiger partial charge < -0.3 is 14.2 Å². The molecule has 0 radical (unpaired) electrons. The van der Waals surface area contributed by atoms with Gasteiger partial charge >= 0.3 is 0 Å². The number of amides is 1. The van der Waals surface area contributed by atoms with E-state index < -0.39 is 0 Å². The second kappa shape index (κ2) is 10.1. The predicted molar refractivity (Wildman–Crippen MR) is 120 cm³/mol. The molecule has 0 fully saturated rings. The summed E-state index contributed by atoms with van der Waals surface area (Å²) in [5.41, 5.74) is 0.799. The van der Waals surface area contributed by atoms with Crippen LogP contribution < -0.4 is 4.74 Å². The van der Waals surface area contributed by atoms with Crippen LogP contribution in [0.2, 0.25) is 5.02 Å². The van der Waals surface area contributed by atoms with E-state index in [9.17, 15) is 4.79 Å². The summed E-state index contributed by atoms with van der Waals surface area (Å²) in [6, 6.07) is 14.7. The average Bonchev–Trinajstić information content (AvgIpc) is 3.20. The summed E-state index contributed by atoms with van der Waals surface area (Å²) in [6.45, 7) is 4.19. The molecule has 0 saturated heterocycles. The Hall–Kier alpha value is -2.13. The Morgan fingerprint density at radius 2 is 1.90 bits per heavy atom. The molecule has 0 N–H and O–H groups in total. The van der Waals surface area contributed by atoms with E-state index in [2.05, 4.69) is 32.7 Å². The summed E-state index contributed by atoms with van der Waals surface area (Å²) >= 11 is 8.14. The third kappa shape index (κ3) is 5.93. The summed E-state index contributed by atoms with van der Waals surface area (Å²) in [7, 11) is 0. The first-order chi connectivity index (χ1) is 14.0. The third-order valence-corrected chi connectivity index (χ3v) is 5.47. The smallest absolute Gasteiger partial charge is 0.261 e. The number of rotatable bonds is 8. The van der Waals surface area contributed by atoms with Crippen LogP contribution in [0, 0.1) is 3.57 Å². The Kier molecular flexibility index (Phi) is 7.49. The van der Waals surface area contributed by atoms with Crippen molar-refractivity contribution in [2.45, 2.75) is 32.9 Å². The fraction of sp³-hybridized carbons (Fsp3) is 0.286. The third-order valence-electron chi connectivity index (χ3n) is 4.50. The number of hydrogen-bond donors (Lipinski definition) is 0. The summed E-state index contributed by atoms with van der Waals surface area (Å²) in [4.78, 5) is 18.9. The molecule has 3 rings (SSSR count). The molecule has 29 heavy (non-hydrogen) atoms. The molecule has 1 heterocycles. The molecular weight excluding hydrogens is 505 g/mol. The van der Waals surface area contributed by atoms with Crippen LogP contribution in [0.3, 0.4) is 0 Å². The fourth-order valence-corrected chi connectivity index (χ4v) is 3.14. The lowest BCUT2D eigenvalue weighted by Crippen LogP contribution is -2.40. The molecule has 1 unspecified atom stereocenters. The predicted octanol–water partition coefficient (Wildman–Crippen LogP) is 5.20. The number of benzene rings is 2. The lowest BCUT2D eigenvalue weighted by molar-refractivity contribution is -0.136. The van der Waals surface area contributed by atoms with Crippen LogP contribution in [0.5, 0.6) is 5.75 Å². The van der Waals surface area contributed by atoms with Gasteiger partial charge in [-0.05, 0) is 84.5 Å². The molecule has 8 heteroatoms. The first kappa shape index (κ1) is 21.6. The van der Waals surface area contributed by atoms with Crippen LogP contribution in [-0.2, 0) is 11.3 Å². The minimum Gasteiger partial charge on any atom is -0.484 e. The van der Waals surface area contributed by atoms with Crippen LogP contribution in [0.4, 0.5) is 0 Å². The van der Waals surface area contributed by atoms with Gasteiger partial charge in [0.05, 0.1) is 0 Å². The van der Waals surface area contributed by atoms with Crippen LogP contribution in [0.25, 0.3) is 11.4 Å². The highest BCUT2D eigenvalue weighted by Crippen LogP contribution is 2.20. The average molecular weight is 526 g/mol. The monoisotopic (exact) mass is 525 g/mol. The molecule has 1 amide bonds. The first-order valence-electron chi connectivity index (χ1n) is 9.22. The number of hydrogen-bond acceptors (Lipinski definition) is 5. The second-order valence-corrected chi connectivity index (χ2v) is 8.22. The molecule has 0 aliphatic carbocycles. The molecule has 0 aliphatic rings. The Balaban J connectivity index is 1.68. The van der Waals surface area contributed by atoms with E-state index in [4.69, 9.17) is 20.9 Å². The number of ether oxygens (including phenoxy) is 1. The molecule has 2 aromatic carbocycles. The topological polar surface area (TPSA) is 68.5 Å². The van der Waals surface area contributed by atoms with E-state index in [1.54, 1.807) is 17.0 Å². The SMILES string of the molecule is CCC(C)N(Cc1nc(-c2ccc(Cl)cc2)no1)C(=O)COc1ccc(I)cc1. The molecule has 152 valence electrons. The summed E-state index contributed by atoms with van der Waals surface area (Å²) in [5.74, 6) is 1.36. The molecule has 0 saturated carbocycles. The highest BCUT2D eigenvalue weighted by molar-refractivity contribution is 14.1. The maximum absolute atomic E-state index is 12.8. The molecule has 1 atom stereocenters. The van der Waals surface area contributed by atoms with Crippen molar-refractivity contribution in [2.24, 2.45) is 0 Å². The van der Waals surface area contributed by atoms with Crippen molar-refractivity contribution < 1.29 is 14.1 Å². The lowest BCUT2D eigenvalue weighted by Gasteiger charge is -2.27. The van der Waals surface area contributed by atoms with E-state index in [1.165, 1.54) is 0 Å². The van der Waals surface area contributed by atoms with Gasteiger partial charge in [-0.1, -0.05) is 23.7 Å². The molecule has 1 aromatic heterocycles. The van der Waals surface area contributed by atoms with E-state index in [1.807, 2.05) is 50.2 Å². The van der Waals surface area contributed by atoms with Gasteiger partial charge in [-0.3, -0.25) is 4.79 Å². The number of carbonyl (C=O) groups excluding carboxylic acids is 1. The Morgan fingerprint density at radius 3 is 2.55 bits per heavy atom. The van der Waals surface area contributed by atoms with Crippen LogP contribution in [-0.4, -0.2) is 33.6 Å². The Morgan fingerprint density at radius 1 is 1.21 bits per heavy atom. The zero-order valence-corrected chi connectivity index (χ0v) is 19.1. The number of nitrogens with zero attached hydrogens (tertiary/aromatic N) is 3. The first-order valence-corrected chi connectivity index (χ1v) is 10.7. The van der Waals surface area contributed by atoms with Crippen LogP contribution in [0.1, 0.15) is 26.2 Å². The van der Waals surface area contributed by atoms with Crippen molar-refractivity contribution in [2.75, 3.05) is 6.61 Å². The fourth-order valence-electron chi connectivity index (χ4n) is 2.65. The van der Waals surface area contributed by atoms with Gasteiger partial charge in [0, 0.05) is 20.2 Å². The number of halogens is 2. The summed E-state index contributed by atoms with van der Waals surface area (Å²) in [6.07, 6.45) is 0.799. The van der Waals surface area contributed by atoms with Crippen molar-refractivity contribution in [3.63, 3.8) is 0 Å².